The first kappa shape index (κ1) is 32.5. The van der Waals surface area contributed by atoms with Gasteiger partial charge in [0.25, 0.3) is 0 Å². The summed E-state index contributed by atoms with van der Waals surface area (Å²) in [6.07, 6.45) is 5.80. The van der Waals surface area contributed by atoms with Gasteiger partial charge in [0.2, 0.25) is 0 Å². The maximum atomic E-state index is 4.47. The van der Waals surface area contributed by atoms with Crippen LogP contribution in [0.4, 0.5) is 0 Å². The van der Waals surface area contributed by atoms with Crippen molar-refractivity contribution in [1.82, 2.24) is 18.7 Å². The van der Waals surface area contributed by atoms with E-state index in [1.165, 1.54) is 103 Å². The van der Waals surface area contributed by atoms with Gasteiger partial charge in [-0.15, -0.1) is 11.3 Å². The van der Waals surface area contributed by atoms with E-state index in [0.29, 0.717) is 0 Å². The molecule has 0 aliphatic carbocycles. The summed E-state index contributed by atoms with van der Waals surface area (Å²) in [4.78, 5) is 4.47. The monoisotopic (exact) mass is 750 g/mol. The molecular weight excluding hydrogens is 713 g/mol. The summed E-state index contributed by atoms with van der Waals surface area (Å²) in [5.74, 6) is 0. The molecule has 272 valence electrons. The SMILES string of the molecule is CCC(CC)(c1ccc2c(c1)c1ccccc1n2-c1cccc2c1sc1ccncc12)n1c2ccccc2c2cc(-n3c4ccccc4c4ccccc43)ccc21. The first-order valence-corrected chi connectivity index (χ1v) is 20.8. The van der Waals surface area contributed by atoms with Crippen LogP contribution in [0.25, 0.3) is 97.0 Å². The molecule has 12 aromatic rings. The van der Waals surface area contributed by atoms with Crippen LogP contribution in [0.3, 0.4) is 0 Å². The van der Waals surface area contributed by atoms with Crippen LogP contribution in [0.2, 0.25) is 0 Å². The molecule has 0 unspecified atom stereocenters. The van der Waals surface area contributed by atoms with E-state index in [4.69, 9.17) is 0 Å². The van der Waals surface area contributed by atoms with Crippen molar-refractivity contribution < 1.29 is 0 Å². The fourth-order valence-corrected chi connectivity index (χ4v) is 11.4. The molecule has 5 heteroatoms. The summed E-state index contributed by atoms with van der Waals surface area (Å²) in [5.41, 5.74) is 10.9. The molecule has 0 aliphatic rings. The van der Waals surface area contributed by atoms with Crippen LogP contribution in [0, 0.1) is 0 Å². The van der Waals surface area contributed by atoms with Crippen LogP contribution < -0.4 is 0 Å². The quantitative estimate of drug-likeness (QED) is 0.166. The fraction of sp³-hybridized carbons (Fsp3) is 0.0962. The minimum atomic E-state index is -0.286. The average Bonchev–Trinajstić information content (AvgIpc) is 4.01. The molecule has 0 atom stereocenters. The number of pyridine rings is 1. The number of aromatic nitrogens is 4. The van der Waals surface area contributed by atoms with Gasteiger partial charge in [-0.25, -0.2) is 0 Å². The Balaban J connectivity index is 1.09. The largest absolute Gasteiger partial charge is 0.330 e. The molecule has 0 N–H and O–H groups in total. The summed E-state index contributed by atoms with van der Waals surface area (Å²) in [7, 11) is 0. The lowest BCUT2D eigenvalue weighted by atomic mass is 9.83. The van der Waals surface area contributed by atoms with Gasteiger partial charge in [-0.05, 0) is 85.1 Å². The number of hydrogen-bond acceptors (Lipinski definition) is 2. The second-order valence-electron chi connectivity index (χ2n) is 15.4. The smallest absolute Gasteiger partial charge is 0.0697 e. The van der Waals surface area contributed by atoms with Crippen LogP contribution in [0.5, 0.6) is 0 Å². The van der Waals surface area contributed by atoms with Crippen molar-refractivity contribution in [2.75, 3.05) is 0 Å². The highest BCUT2D eigenvalue weighted by atomic mass is 32.1. The Morgan fingerprint density at radius 2 is 1.02 bits per heavy atom. The van der Waals surface area contributed by atoms with E-state index in [1.54, 1.807) is 0 Å². The fourth-order valence-electron chi connectivity index (χ4n) is 10.2. The summed E-state index contributed by atoms with van der Waals surface area (Å²) < 4.78 is 10.1. The highest BCUT2D eigenvalue weighted by Gasteiger charge is 2.34. The van der Waals surface area contributed by atoms with Gasteiger partial charge in [-0.2, -0.15) is 0 Å². The van der Waals surface area contributed by atoms with Gasteiger partial charge in [-0.3, -0.25) is 4.98 Å². The lowest BCUT2D eigenvalue weighted by molar-refractivity contribution is 0.349. The zero-order chi connectivity index (χ0) is 37.8. The molecule has 12 rings (SSSR count). The lowest BCUT2D eigenvalue weighted by Crippen LogP contribution is -2.33. The molecule has 7 aromatic carbocycles. The maximum Gasteiger partial charge on any atom is 0.0697 e. The minimum absolute atomic E-state index is 0.286. The van der Waals surface area contributed by atoms with E-state index in [1.807, 2.05) is 23.7 Å². The van der Waals surface area contributed by atoms with Gasteiger partial charge < -0.3 is 13.7 Å². The number of nitrogens with zero attached hydrogens (tertiary/aromatic N) is 4. The molecule has 0 spiro atoms. The Morgan fingerprint density at radius 3 is 1.72 bits per heavy atom. The molecule has 57 heavy (non-hydrogen) atoms. The molecular formula is C52H38N4S. The predicted molar refractivity (Wildman–Crippen MR) is 243 cm³/mol. The van der Waals surface area contributed by atoms with Crippen molar-refractivity contribution in [3.8, 4) is 11.4 Å². The van der Waals surface area contributed by atoms with E-state index in [0.717, 1.165) is 12.8 Å². The Morgan fingerprint density at radius 1 is 0.474 bits per heavy atom. The number of thiophene rings is 1. The van der Waals surface area contributed by atoms with E-state index < -0.39 is 0 Å². The van der Waals surface area contributed by atoms with Crippen LogP contribution in [0.15, 0.2) is 170 Å². The molecule has 0 saturated heterocycles. The summed E-state index contributed by atoms with van der Waals surface area (Å²) >= 11 is 1.85. The van der Waals surface area contributed by atoms with Gasteiger partial charge in [0.05, 0.1) is 43.5 Å². The second kappa shape index (κ2) is 12.2. The standard InChI is InChI=1S/C52H38N4S/c1-3-52(4-2,33-24-26-46-40(30-33)37-16-7-11-21-45(37)55(46)49-23-13-18-39-42-32-53-29-28-50(42)57-51(39)49)56-47-22-12-8-17-38(47)41-31-34(25-27-48(41)56)54-43-19-9-5-14-35(43)36-15-6-10-20-44(36)54/h5-32H,3-4H2,1-2H3. The normalized spacial score (nSPS) is 12.5. The van der Waals surface area contributed by atoms with Crippen molar-refractivity contribution in [3.05, 3.63) is 176 Å². The van der Waals surface area contributed by atoms with Crippen molar-refractivity contribution in [1.29, 1.82) is 0 Å². The molecule has 5 heterocycles. The Labute approximate surface area is 333 Å². The number of benzene rings is 7. The van der Waals surface area contributed by atoms with Gasteiger partial charge in [-0.1, -0.05) is 105 Å². The van der Waals surface area contributed by atoms with Crippen LogP contribution in [-0.4, -0.2) is 18.7 Å². The van der Waals surface area contributed by atoms with Gasteiger partial charge >= 0.3 is 0 Å². The first-order chi connectivity index (χ1) is 28.2. The lowest BCUT2D eigenvalue weighted by Gasteiger charge is -2.36. The zero-order valence-corrected chi connectivity index (χ0v) is 32.6. The number of hydrogen-bond donors (Lipinski definition) is 0. The summed E-state index contributed by atoms with van der Waals surface area (Å²) in [6, 6.07) is 58.7. The third-order valence-corrected chi connectivity index (χ3v) is 14.0. The molecule has 0 aliphatic heterocycles. The van der Waals surface area contributed by atoms with Gasteiger partial charge in [0.15, 0.2) is 0 Å². The van der Waals surface area contributed by atoms with Crippen LogP contribution in [0.1, 0.15) is 32.3 Å². The minimum Gasteiger partial charge on any atom is -0.330 e. The molecule has 0 bridgehead atoms. The average molecular weight is 751 g/mol. The van der Waals surface area contributed by atoms with Crippen LogP contribution in [-0.2, 0) is 5.54 Å². The topological polar surface area (TPSA) is 27.7 Å². The van der Waals surface area contributed by atoms with E-state index in [-0.39, 0.29) is 5.54 Å². The predicted octanol–water partition coefficient (Wildman–Crippen LogP) is 14.3. The summed E-state index contributed by atoms with van der Waals surface area (Å²) in [6.45, 7) is 4.72. The third kappa shape index (κ3) is 4.40. The van der Waals surface area contributed by atoms with Crippen molar-refractivity contribution in [2.24, 2.45) is 0 Å². The second-order valence-corrected chi connectivity index (χ2v) is 16.4. The first-order valence-electron chi connectivity index (χ1n) is 20.0. The van der Waals surface area contributed by atoms with E-state index in [9.17, 15) is 0 Å². The van der Waals surface area contributed by atoms with Crippen molar-refractivity contribution in [2.45, 2.75) is 32.2 Å². The number of para-hydroxylation sites is 4. The van der Waals surface area contributed by atoms with Gasteiger partial charge in [0.1, 0.15) is 0 Å². The highest BCUT2D eigenvalue weighted by Crippen LogP contribution is 2.46. The molecule has 4 nitrogen and oxygen atoms in total. The van der Waals surface area contributed by atoms with Crippen molar-refractivity contribution >= 4 is 96.9 Å². The van der Waals surface area contributed by atoms with Crippen LogP contribution >= 0.6 is 11.3 Å². The highest BCUT2D eigenvalue weighted by molar-refractivity contribution is 7.26. The molecule has 0 radical (unpaired) electrons. The van der Waals surface area contributed by atoms with E-state index in [2.05, 4.69) is 190 Å². The van der Waals surface area contributed by atoms with Crippen molar-refractivity contribution in [3.63, 3.8) is 0 Å². The Bertz CT molecular complexity index is 3520. The Kier molecular flexibility index (Phi) is 6.94. The molecule has 0 fully saturated rings. The Hall–Kier alpha value is -6.69. The number of rotatable bonds is 6. The molecule has 0 amide bonds. The zero-order valence-electron chi connectivity index (χ0n) is 31.8. The van der Waals surface area contributed by atoms with E-state index >= 15 is 0 Å². The third-order valence-electron chi connectivity index (χ3n) is 12.8. The molecule has 0 saturated carbocycles. The van der Waals surface area contributed by atoms with Gasteiger partial charge in [0, 0.05) is 71.4 Å². The maximum absolute atomic E-state index is 4.47. The number of fused-ring (bicyclic) bond motifs is 12. The summed E-state index contributed by atoms with van der Waals surface area (Å²) in [5, 5.41) is 10.1. The molecule has 5 aromatic heterocycles.